The molecule has 1 atom stereocenters. The molecule has 4 nitrogen and oxygen atoms in total. The van der Waals surface area contributed by atoms with Gasteiger partial charge >= 0.3 is 0 Å². The average Bonchev–Trinajstić information content (AvgIpc) is 2.62. The Hall–Kier alpha value is -0.200. The van der Waals surface area contributed by atoms with Gasteiger partial charge < -0.3 is 9.64 Å². The smallest absolute Gasteiger partial charge is 0.205 e. The first-order chi connectivity index (χ1) is 7.50. The lowest BCUT2D eigenvalue weighted by atomic mass is 10.1. The summed E-state index contributed by atoms with van der Waals surface area (Å²) in [5.41, 5.74) is -0.129. The lowest BCUT2D eigenvalue weighted by molar-refractivity contribution is -0.0724. The fraction of sp³-hybridized carbons (Fsp3) is 0.800. The van der Waals surface area contributed by atoms with Gasteiger partial charge in [-0.25, -0.2) is 4.98 Å². The molecule has 0 radical (unpaired) electrons. The second kappa shape index (κ2) is 4.58. The molecular formula is C10H16BrN3OS. The third kappa shape index (κ3) is 2.73. The molecule has 1 aromatic rings. The number of hydrogen-bond donors (Lipinski definition) is 0. The van der Waals surface area contributed by atoms with E-state index in [-0.39, 0.29) is 11.7 Å². The molecule has 0 aromatic carbocycles. The number of nitrogens with zero attached hydrogens (tertiary/aromatic N) is 3. The fourth-order valence-electron chi connectivity index (χ4n) is 1.94. The summed E-state index contributed by atoms with van der Waals surface area (Å²) in [4.78, 5) is 6.70. The number of hydrogen-bond acceptors (Lipinski definition) is 5. The summed E-state index contributed by atoms with van der Waals surface area (Å²) < 4.78 is 10.2. The molecule has 1 aliphatic heterocycles. The quantitative estimate of drug-likeness (QED) is 0.785. The first-order valence-corrected chi connectivity index (χ1v) is 7.19. The second-order valence-electron chi connectivity index (χ2n) is 4.66. The summed E-state index contributed by atoms with van der Waals surface area (Å²) in [5, 5.41) is 1.85. The Bertz CT molecular complexity index is 369. The molecule has 2 rings (SSSR count). The maximum absolute atomic E-state index is 5.95. The van der Waals surface area contributed by atoms with E-state index in [9.17, 15) is 0 Å². The number of aryl methyl sites for hydroxylation is 1. The maximum Gasteiger partial charge on any atom is 0.205 e. The van der Waals surface area contributed by atoms with E-state index >= 15 is 0 Å². The van der Waals surface area contributed by atoms with Crippen LogP contribution in [0.5, 0.6) is 0 Å². The van der Waals surface area contributed by atoms with Crippen LogP contribution in [0.25, 0.3) is 0 Å². The number of morpholine rings is 1. The molecule has 0 saturated carbocycles. The molecule has 1 aliphatic rings. The molecule has 1 aromatic heterocycles. The van der Waals surface area contributed by atoms with Crippen LogP contribution in [0.3, 0.4) is 0 Å². The van der Waals surface area contributed by atoms with Crippen molar-refractivity contribution < 1.29 is 4.74 Å². The lowest BCUT2D eigenvalue weighted by Gasteiger charge is -2.42. The lowest BCUT2D eigenvalue weighted by Crippen LogP contribution is -2.53. The van der Waals surface area contributed by atoms with Gasteiger partial charge in [0, 0.05) is 30.0 Å². The van der Waals surface area contributed by atoms with Crippen molar-refractivity contribution in [3.63, 3.8) is 0 Å². The Morgan fingerprint density at radius 2 is 2.38 bits per heavy atom. The van der Waals surface area contributed by atoms with Gasteiger partial charge in [0.25, 0.3) is 0 Å². The summed E-state index contributed by atoms with van der Waals surface area (Å²) in [5.74, 6) is 0.847. The van der Waals surface area contributed by atoms with E-state index in [2.05, 4.69) is 44.0 Å². The molecule has 0 spiro atoms. The predicted molar refractivity (Wildman–Crippen MR) is 69.6 cm³/mol. The Balaban J connectivity index is 2.15. The van der Waals surface area contributed by atoms with Gasteiger partial charge in [0.05, 0.1) is 11.7 Å². The van der Waals surface area contributed by atoms with Crippen LogP contribution in [0.1, 0.15) is 19.7 Å². The van der Waals surface area contributed by atoms with E-state index in [0.717, 1.165) is 29.4 Å². The molecule has 0 amide bonds. The van der Waals surface area contributed by atoms with Crippen molar-refractivity contribution in [1.82, 2.24) is 9.36 Å². The molecule has 0 N–H and O–H groups in total. The molecule has 0 aliphatic carbocycles. The minimum absolute atomic E-state index is 0.129. The van der Waals surface area contributed by atoms with E-state index in [4.69, 9.17) is 4.74 Å². The minimum atomic E-state index is -0.129. The van der Waals surface area contributed by atoms with Crippen molar-refractivity contribution in [2.24, 2.45) is 0 Å². The van der Waals surface area contributed by atoms with E-state index < -0.39 is 0 Å². The van der Waals surface area contributed by atoms with E-state index in [1.807, 2.05) is 6.92 Å². The van der Waals surface area contributed by atoms with Crippen molar-refractivity contribution in [2.75, 3.05) is 23.3 Å². The maximum atomic E-state index is 5.95. The van der Waals surface area contributed by atoms with Crippen LogP contribution in [0, 0.1) is 6.92 Å². The standard InChI is InChI=1S/C10H16BrN3OS/c1-7-12-9(16-13-7)14-5-8(4-11)15-10(2,3)6-14/h8H,4-6H2,1-3H3. The fourth-order valence-corrected chi connectivity index (χ4v) is 2.96. The van der Waals surface area contributed by atoms with Gasteiger partial charge in [-0.3, -0.25) is 0 Å². The van der Waals surface area contributed by atoms with Crippen LogP contribution < -0.4 is 4.90 Å². The number of alkyl halides is 1. The first kappa shape index (κ1) is 12.3. The third-order valence-electron chi connectivity index (χ3n) is 2.44. The van der Waals surface area contributed by atoms with Gasteiger partial charge in [0.1, 0.15) is 5.82 Å². The Morgan fingerprint density at radius 1 is 1.62 bits per heavy atom. The Kier molecular flexibility index (Phi) is 3.51. The molecule has 90 valence electrons. The average molecular weight is 306 g/mol. The van der Waals surface area contributed by atoms with Gasteiger partial charge in [0.2, 0.25) is 5.13 Å². The first-order valence-electron chi connectivity index (χ1n) is 5.29. The van der Waals surface area contributed by atoms with Crippen molar-refractivity contribution in [2.45, 2.75) is 32.5 Å². The predicted octanol–water partition coefficient (Wildman–Crippen LogP) is 2.23. The van der Waals surface area contributed by atoms with Crippen molar-refractivity contribution in [3.8, 4) is 0 Å². The molecule has 0 bridgehead atoms. The summed E-state index contributed by atoms with van der Waals surface area (Å²) in [6, 6.07) is 0. The van der Waals surface area contributed by atoms with Gasteiger partial charge in [-0.1, -0.05) is 15.9 Å². The van der Waals surface area contributed by atoms with E-state index in [0.29, 0.717) is 0 Å². The van der Waals surface area contributed by atoms with Gasteiger partial charge in [-0.15, -0.1) is 0 Å². The summed E-state index contributed by atoms with van der Waals surface area (Å²) >= 11 is 4.95. The molecule has 2 heterocycles. The van der Waals surface area contributed by atoms with Gasteiger partial charge in [0.15, 0.2) is 0 Å². The molecular weight excluding hydrogens is 290 g/mol. The van der Waals surface area contributed by atoms with Crippen molar-refractivity contribution in [1.29, 1.82) is 0 Å². The number of aromatic nitrogens is 2. The molecule has 1 unspecified atom stereocenters. The highest BCUT2D eigenvalue weighted by molar-refractivity contribution is 9.09. The van der Waals surface area contributed by atoms with Crippen LogP contribution in [-0.2, 0) is 4.74 Å². The second-order valence-corrected chi connectivity index (χ2v) is 6.04. The van der Waals surface area contributed by atoms with Crippen LogP contribution >= 0.6 is 27.5 Å². The highest BCUT2D eigenvalue weighted by Gasteiger charge is 2.34. The van der Waals surface area contributed by atoms with Gasteiger partial charge in [-0.05, 0) is 20.8 Å². The van der Waals surface area contributed by atoms with Crippen LogP contribution in [-0.4, -0.2) is 39.5 Å². The molecule has 1 fully saturated rings. The zero-order chi connectivity index (χ0) is 11.8. The number of anilines is 1. The number of halogens is 1. The molecule has 6 heteroatoms. The van der Waals surface area contributed by atoms with Crippen molar-refractivity contribution >= 4 is 32.6 Å². The summed E-state index contributed by atoms with van der Waals surface area (Å²) in [6.45, 7) is 7.90. The highest BCUT2D eigenvalue weighted by atomic mass is 79.9. The Morgan fingerprint density at radius 3 is 2.94 bits per heavy atom. The van der Waals surface area contributed by atoms with Crippen LogP contribution in [0.2, 0.25) is 0 Å². The monoisotopic (exact) mass is 305 g/mol. The minimum Gasteiger partial charge on any atom is -0.368 e. The Labute approximate surface area is 108 Å². The normalized spacial score (nSPS) is 24.8. The zero-order valence-electron chi connectivity index (χ0n) is 9.73. The van der Waals surface area contributed by atoms with E-state index in [1.54, 1.807) is 0 Å². The summed E-state index contributed by atoms with van der Waals surface area (Å²) in [6.07, 6.45) is 0.216. The number of rotatable bonds is 2. The van der Waals surface area contributed by atoms with Gasteiger partial charge in [-0.2, -0.15) is 4.37 Å². The molecule has 1 saturated heterocycles. The van der Waals surface area contributed by atoms with Crippen molar-refractivity contribution in [3.05, 3.63) is 5.82 Å². The SMILES string of the molecule is Cc1nsc(N2CC(CBr)OC(C)(C)C2)n1. The number of ether oxygens (including phenoxy) is 1. The highest BCUT2D eigenvalue weighted by Crippen LogP contribution is 2.27. The van der Waals surface area contributed by atoms with E-state index in [1.165, 1.54) is 11.5 Å². The van der Waals surface area contributed by atoms with Crippen LogP contribution in [0.15, 0.2) is 0 Å². The molecule has 16 heavy (non-hydrogen) atoms. The zero-order valence-corrected chi connectivity index (χ0v) is 12.1. The largest absolute Gasteiger partial charge is 0.368 e. The topological polar surface area (TPSA) is 38.2 Å². The summed E-state index contributed by atoms with van der Waals surface area (Å²) in [7, 11) is 0. The van der Waals surface area contributed by atoms with Crippen LogP contribution in [0.4, 0.5) is 5.13 Å². The third-order valence-corrected chi connectivity index (χ3v) is 4.03.